The van der Waals surface area contributed by atoms with Crippen LogP contribution in [0.25, 0.3) is 0 Å². The molecule has 0 atom stereocenters. The molecule has 0 N–H and O–H groups in total. The highest BCUT2D eigenvalue weighted by molar-refractivity contribution is 5.41. The van der Waals surface area contributed by atoms with Crippen molar-refractivity contribution in [3.8, 4) is 11.5 Å². The lowest BCUT2D eigenvalue weighted by molar-refractivity contribution is 0.0396. The van der Waals surface area contributed by atoms with Gasteiger partial charge < -0.3 is 9.47 Å². The van der Waals surface area contributed by atoms with E-state index in [2.05, 4.69) is 6.92 Å². The Morgan fingerprint density at radius 3 is 2.29 bits per heavy atom. The van der Waals surface area contributed by atoms with Gasteiger partial charge in [-0.3, -0.25) is 0 Å². The van der Waals surface area contributed by atoms with E-state index in [1.807, 2.05) is 24.3 Å². The van der Waals surface area contributed by atoms with E-state index < -0.39 is 0 Å². The summed E-state index contributed by atoms with van der Waals surface area (Å²) < 4.78 is 11.3. The minimum atomic E-state index is -0.0565. The van der Waals surface area contributed by atoms with Gasteiger partial charge in [0.2, 0.25) is 6.29 Å². The molecule has 0 saturated carbocycles. The quantitative estimate of drug-likeness (QED) is 0.681. The zero-order valence-corrected chi connectivity index (χ0v) is 8.53. The molecule has 0 aliphatic carbocycles. The van der Waals surface area contributed by atoms with Gasteiger partial charge in [-0.2, -0.15) is 0 Å². The largest absolute Gasteiger partial charge is 0.451 e. The SMILES string of the molecule is CCCCCC1Oc2ccccc2O1. The molecule has 0 amide bonds. The number of hydrogen-bond donors (Lipinski definition) is 0. The Kier molecular flexibility index (Phi) is 2.92. The third kappa shape index (κ3) is 2.00. The third-order valence-corrected chi connectivity index (χ3v) is 2.41. The summed E-state index contributed by atoms with van der Waals surface area (Å²) in [6.45, 7) is 2.20. The van der Waals surface area contributed by atoms with Crippen LogP contribution in [0.15, 0.2) is 24.3 Å². The second kappa shape index (κ2) is 4.36. The molecule has 0 unspecified atom stereocenters. The van der Waals surface area contributed by atoms with Gasteiger partial charge in [0.1, 0.15) is 0 Å². The maximum Gasteiger partial charge on any atom is 0.241 e. The number of fused-ring (bicyclic) bond motifs is 1. The van der Waals surface area contributed by atoms with Crippen LogP contribution in [-0.2, 0) is 0 Å². The molecule has 2 nitrogen and oxygen atoms in total. The summed E-state index contributed by atoms with van der Waals surface area (Å²) in [4.78, 5) is 0. The summed E-state index contributed by atoms with van der Waals surface area (Å²) in [5.74, 6) is 1.77. The standard InChI is InChI=1S/C12H16O2/c1-2-3-4-9-12-13-10-7-5-6-8-11(10)14-12/h5-8,12H,2-4,9H2,1H3. The summed E-state index contributed by atoms with van der Waals surface area (Å²) in [7, 11) is 0. The predicted molar refractivity (Wildman–Crippen MR) is 55.6 cm³/mol. The van der Waals surface area contributed by atoms with Gasteiger partial charge in [-0.15, -0.1) is 0 Å². The average Bonchev–Trinajstić information content (AvgIpc) is 2.60. The molecule has 0 saturated heterocycles. The lowest BCUT2D eigenvalue weighted by Crippen LogP contribution is -2.17. The highest BCUT2D eigenvalue weighted by Gasteiger charge is 2.22. The molecule has 1 heterocycles. The predicted octanol–water partition coefficient (Wildman–Crippen LogP) is 3.36. The van der Waals surface area contributed by atoms with Gasteiger partial charge in [-0.25, -0.2) is 0 Å². The number of ether oxygens (including phenoxy) is 2. The second-order valence-electron chi connectivity index (χ2n) is 3.61. The molecule has 2 heteroatoms. The van der Waals surface area contributed by atoms with Crippen LogP contribution < -0.4 is 9.47 Å². The van der Waals surface area contributed by atoms with Gasteiger partial charge in [-0.05, 0) is 18.6 Å². The Labute approximate surface area is 84.8 Å². The van der Waals surface area contributed by atoms with Crippen molar-refractivity contribution in [3.05, 3.63) is 24.3 Å². The highest BCUT2D eigenvalue weighted by atomic mass is 16.7. The monoisotopic (exact) mass is 192 g/mol. The van der Waals surface area contributed by atoms with Crippen molar-refractivity contribution in [2.75, 3.05) is 0 Å². The van der Waals surface area contributed by atoms with E-state index in [1.165, 1.54) is 19.3 Å². The van der Waals surface area contributed by atoms with Gasteiger partial charge in [0.15, 0.2) is 11.5 Å². The minimum absolute atomic E-state index is 0.0565. The molecule has 0 spiro atoms. The molecular weight excluding hydrogens is 176 g/mol. The molecule has 0 fully saturated rings. The highest BCUT2D eigenvalue weighted by Crippen LogP contribution is 2.35. The van der Waals surface area contributed by atoms with E-state index in [1.54, 1.807) is 0 Å². The summed E-state index contributed by atoms with van der Waals surface area (Å²) in [6.07, 6.45) is 4.59. The molecule has 1 aliphatic rings. The van der Waals surface area contributed by atoms with Crippen LogP contribution in [0.2, 0.25) is 0 Å². The normalized spacial score (nSPS) is 14.6. The molecule has 1 aromatic carbocycles. The zero-order valence-electron chi connectivity index (χ0n) is 8.53. The number of unbranched alkanes of at least 4 members (excludes halogenated alkanes) is 2. The fourth-order valence-electron chi connectivity index (χ4n) is 1.63. The third-order valence-electron chi connectivity index (χ3n) is 2.41. The van der Waals surface area contributed by atoms with Crippen molar-refractivity contribution >= 4 is 0 Å². The molecule has 76 valence electrons. The van der Waals surface area contributed by atoms with Crippen LogP contribution in [0.1, 0.15) is 32.6 Å². The number of hydrogen-bond acceptors (Lipinski definition) is 2. The Balaban J connectivity index is 1.86. The van der Waals surface area contributed by atoms with E-state index in [0.29, 0.717) is 0 Å². The van der Waals surface area contributed by atoms with E-state index >= 15 is 0 Å². The first-order valence-electron chi connectivity index (χ1n) is 5.32. The van der Waals surface area contributed by atoms with E-state index in [-0.39, 0.29) is 6.29 Å². The van der Waals surface area contributed by atoms with Gasteiger partial charge in [0.05, 0.1) is 0 Å². The lowest BCUT2D eigenvalue weighted by Gasteiger charge is -2.08. The summed E-state index contributed by atoms with van der Waals surface area (Å²) in [5.41, 5.74) is 0. The Morgan fingerprint density at radius 2 is 1.71 bits per heavy atom. The van der Waals surface area contributed by atoms with Crippen molar-refractivity contribution in [3.63, 3.8) is 0 Å². The molecule has 1 aromatic rings. The zero-order chi connectivity index (χ0) is 9.80. The van der Waals surface area contributed by atoms with Crippen LogP contribution in [0.3, 0.4) is 0 Å². The molecule has 2 rings (SSSR count). The summed E-state index contributed by atoms with van der Waals surface area (Å²) in [6, 6.07) is 7.84. The Bertz CT molecular complexity index is 271. The van der Waals surface area contributed by atoms with E-state index in [4.69, 9.17) is 9.47 Å². The molecule has 14 heavy (non-hydrogen) atoms. The topological polar surface area (TPSA) is 18.5 Å². The summed E-state index contributed by atoms with van der Waals surface area (Å²) >= 11 is 0. The molecule has 1 aliphatic heterocycles. The number of benzene rings is 1. The van der Waals surface area contributed by atoms with Crippen LogP contribution in [-0.4, -0.2) is 6.29 Å². The minimum Gasteiger partial charge on any atom is -0.451 e. The average molecular weight is 192 g/mol. The molecule has 0 aromatic heterocycles. The van der Waals surface area contributed by atoms with Crippen LogP contribution in [0.4, 0.5) is 0 Å². The number of para-hydroxylation sites is 2. The first kappa shape index (κ1) is 9.38. The fraction of sp³-hybridized carbons (Fsp3) is 0.500. The lowest BCUT2D eigenvalue weighted by atomic mass is 10.2. The van der Waals surface area contributed by atoms with Crippen molar-refractivity contribution in [1.29, 1.82) is 0 Å². The molecule has 0 radical (unpaired) electrons. The van der Waals surface area contributed by atoms with E-state index in [9.17, 15) is 0 Å². The first-order valence-corrected chi connectivity index (χ1v) is 5.32. The van der Waals surface area contributed by atoms with Crippen molar-refractivity contribution in [1.82, 2.24) is 0 Å². The molecule has 0 bridgehead atoms. The van der Waals surface area contributed by atoms with Crippen molar-refractivity contribution in [2.24, 2.45) is 0 Å². The van der Waals surface area contributed by atoms with Crippen LogP contribution >= 0.6 is 0 Å². The maximum absolute atomic E-state index is 5.63. The maximum atomic E-state index is 5.63. The Morgan fingerprint density at radius 1 is 1.07 bits per heavy atom. The smallest absolute Gasteiger partial charge is 0.241 e. The van der Waals surface area contributed by atoms with Gasteiger partial charge in [0.25, 0.3) is 0 Å². The van der Waals surface area contributed by atoms with Crippen LogP contribution in [0.5, 0.6) is 11.5 Å². The van der Waals surface area contributed by atoms with Crippen LogP contribution in [0, 0.1) is 0 Å². The van der Waals surface area contributed by atoms with Crippen molar-refractivity contribution in [2.45, 2.75) is 38.9 Å². The van der Waals surface area contributed by atoms with Gasteiger partial charge in [-0.1, -0.05) is 31.9 Å². The van der Waals surface area contributed by atoms with Crippen molar-refractivity contribution < 1.29 is 9.47 Å². The number of rotatable bonds is 4. The fourth-order valence-corrected chi connectivity index (χ4v) is 1.63. The molecular formula is C12H16O2. The Hall–Kier alpha value is -1.18. The first-order chi connectivity index (χ1) is 6.90. The second-order valence-corrected chi connectivity index (χ2v) is 3.61. The van der Waals surface area contributed by atoms with E-state index in [0.717, 1.165) is 17.9 Å². The summed E-state index contributed by atoms with van der Waals surface area (Å²) in [5, 5.41) is 0. The van der Waals surface area contributed by atoms with Gasteiger partial charge in [0, 0.05) is 6.42 Å². The van der Waals surface area contributed by atoms with Gasteiger partial charge >= 0.3 is 0 Å².